The zero-order valence-corrected chi connectivity index (χ0v) is 8.82. The Morgan fingerprint density at radius 2 is 2.27 bits per heavy atom. The molecule has 0 amide bonds. The fourth-order valence-corrected chi connectivity index (χ4v) is 1.78. The van der Waals surface area contributed by atoms with Crippen molar-refractivity contribution in [2.45, 2.75) is 6.92 Å². The summed E-state index contributed by atoms with van der Waals surface area (Å²) in [5.41, 5.74) is 7.01. The quantitative estimate of drug-likeness (QED) is 0.753. The lowest BCUT2D eigenvalue weighted by atomic mass is 9.78. The molecule has 0 bridgehead atoms. The van der Waals surface area contributed by atoms with E-state index in [-0.39, 0.29) is 5.78 Å². The number of benzene rings is 1. The van der Waals surface area contributed by atoms with E-state index < -0.39 is 5.41 Å². The smallest absolute Gasteiger partial charge is 0.174 e. The van der Waals surface area contributed by atoms with Crippen molar-refractivity contribution in [2.24, 2.45) is 11.1 Å². The predicted octanol–water partition coefficient (Wildman–Crippen LogP) is 1.15. The van der Waals surface area contributed by atoms with Crippen molar-refractivity contribution in [3.8, 4) is 0 Å². The Labute approximate surface area is 89.2 Å². The largest absolute Gasteiger partial charge is 0.379 e. The Bertz CT molecular complexity index is 377. The average Bonchev–Trinajstić information content (AvgIpc) is 2.17. The molecule has 15 heavy (non-hydrogen) atoms. The Balaban J connectivity index is 2.27. The first-order chi connectivity index (χ1) is 7.18. The summed E-state index contributed by atoms with van der Waals surface area (Å²) in [4.78, 5) is 12.2. The van der Waals surface area contributed by atoms with Crippen LogP contribution >= 0.6 is 0 Å². The van der Waals surface area contributed by atoms with E-state index in [0.29, 0.717) is 19.8 Å². The summed E-state index contributed by atoms with van der Waals surface area (Å²) in [7, 11) is 0. The van der Waals surface area contributed by atoms with E-state index in [1.165, 1.54) is 0 Å². The van der Waals surface area contributed by atoms with Gasteiger partial charge in [0.25, 0.3) is 0 Å². The maximum absolute atomic E-state index is 12.2. The van der Waals surface area contributed by atoms with E-state index in [9.17, 15) is 4.79 Å². The van der Waals surface area contributed by atoms with E-state index in [4.69, 9.17) is 10.5 Å². The SMILES string of the molecule is Cc1cccc(C(=O)C2(CN)COC2)c1. The van der Waals surface area contributed by atoms with Gasteiger partial charge in [0, 0.05) is 12.1 Å². The Morgan fingerprint density at radius 3 is 2.73 bits per heavy atom. The summed E-state index contributed by atoms with van der Waals surface area (Å²) in [5, 5.41) is 0. The standard InChI is InChI=1S/C12H15NO2/c1-9-3-2-4-10(5-9)11(14)12(6-13)7-15-8-12/h2-5H,6-8,13H2,1H3. The number of carbonyl (C=O) groups is 1. The second kappa shape index (κ2) is 3.76. The molecule has 3 nitrogen and oxygen atoms in total. The molecular formula is C12H15NO2. The van der Waals surface area contributed by atoms with E-state index in [2.05, 4.69) is 0 Å². The van der Waals surface area contributed by atoms with Crippen LogP contribution in [-0.2, 0) is 4.74 Å². The molecule has 0 atom stereocenters. The molecular weight excluding hydrogens is 190 g/mol. The molecule has 3 heteroatoms. The number of ether oxygens (including phenoxy) is 1. The van der Waals surface area contributed by atoms with Crippen molar-refractivity contribution in [1.29, 1.82) is 0 Å². The molecule has 1 aliphatic heterocycles. The van der Waals surface area contributed by atoms with Gasteiger partial charge in [-0.05, 0) is 13.0 Å². The summed E-state index contributed by atoms with van der Waals surface area (Å²) in [6.07, 6.45) is 0. The first-order valence-electron chi connectivity index (χ1n) is 5.07. The van der Waals surface area contributed by atoms with Gasteiger partial charge >= 0.3 is 0 Å². The highest BCUT2D eigenvalue weighted by Crippen LogP contribution is 2.30. The zero-order valence-electron chi connectivity index (χ0n) is 8.82. The minimum Gasteiger partial charge on any atom is -0.379 e. The van der Waals surface area contributed by atoms with Crippen LogP contribution in [0.2, 0.25) is 0 Å². The van der Waals surface area contributed by atoms with Crippen LogP contribution in [0.4, 0.5) is 0 Å². The fourth-order valence-electron chi connectivity index (χ4n) is 1.78. The van der Waals surface area contributed by atoms with Crippen molar-refractivity contribution >= 4 is 5.78 Å². The Hall–Kier alpha value is -1.19. The van der Waals surface area contributed by atoms with Gasteiger partial charge in [0.05, 0.1) is 18.6 Å². The van der Waals surface area contributed by atoms with Crippen LogP contribution in [0, 0.1) is 12.3 Å². The number of hydrogen-bond acceptors (Lipinski definition) is 3. The lowest BCUT2D eigenvalue weighted by Gasteiger charge is -2.38. The summed E-state index contributed by atoms with van der Waals surface area (Å²) in [6.45, 7) is 3.25. The van der Waals surface area contributed by atoms with Crippen LogP contribution in [0.3, 0.4) is 0 Å². The third kappa shape index (κ3) is 1.68. The molecule has 1 fully saturated rings. The lowest BCUT2D eigenvalue weighted by Crippen LogP contribution is -2.54. The molecule has 1 saturated heterocycles. The van der Waals surface area contributed by atoms with Crippen molar-refractivity contribution in [3.05, 3.63) is 35.4 Å². The normalized spacial score (nSPS) is 18.3. The molecule has 0 radical (unpaired) electrons. The highest BCUT2D eigenvalue weighted by atomic mass is 16.5. The van der Waals surface area contributed by atoms with E-state index in [0.717, 1.165) is 11.1 Å². The van der Waals surface area contributed by atoms with Crippen molar-refractivity contribution in [3.63, 3.8) is 0 Å². The first kappa shape index (κ1) is 10.3. The van der Waals surface area contributed by atoms with Crippen molar-refractivity contribution < 1.29 is 9.53 Å². The highest BCUT2D eigenvalue weighted by molar-refractivity contribution is 6.01. The predicted molar refractivity (Wildman–Crippen MR) is 57.8 cm³/mol. The second-order valence-corrected chi connectivity index (χ2v) is 4.18. The average molecular weight is 205 g/mol. The van der Waals surface area contributed by atoms with Crippen LogP contribution in [0.15, 0.2) is 24.3 Å². The third-order valence-corrected chi connectivity index (χ3v) is 2.91. The topological polar surface area (TPSA) is 52.3 Å². The molecule has 1 heterocycles. The Morgan fingerprint density at radius 1 is 1.53 bits per heavy atom. The summed E-state index contributed by atoms with van der Waals surface area (Å²) in [6, 6.07) is 7.61. The number of rotatable bonds is 3. The van der Waals surface area contributed by atoms with Gasteiger partial charge in [-0.3, -0.25) is 4.79 Å². The molecule has 0 aliphatic carbocycles. The van der Waals surface area contributed by atoms with Gasteiger partial charge in [0.2, 0.25) is 0 Å². The molecule has 1 aromatic rings. The van der Waals surface area contributed by atoms with Gasteiger partial charge in [-0.2, -0.15) is 0 Å². The Kier molecular flexibility index (Phi) is 2.59. The fraction of sp³-hybridized carbons (Fsp3) is 0.417. The molecule has 0 spiro atoms. The van der Waals surface area contributed by atoms with Gasteiger partial charge < -0.3 is 10.5 Å². The molecule has 2 rings (SSSR count). The molecule has 1 aliphatic rings. The summed E-state index contributed by atoms with van der Waals surface area (Å²) in [5.74, 6) is 0.111. The van der Waals surface area contributed by atoms with Crippen LogP contribution in [-0.4, -0.2) is 25.5 Å². The highest BCUT2D eigenvalue weighted by Gasteiger charge is 2.44. The maximum Gasteiger partial charge on any atom is 0.174 e. The minimum absolute atomic E-state index is 0.111. The number of ketones is 1. The molecule has 2 N–H and O–H groups in total. The van der Waals surface area contributed by atoms with Crippen molar-refractivity contribution in [1.82, 2.24) is 0 Å². The molecule has 0 unspecified atom stereocenters. The van der Waals surface area contributed by atoms with Gasteiger partial charge in [0.1, 0.15) is 0 Å². The first-order valence-corrected chi connectivity index (χ1v) is 5.07. The number of carbonyl (C=O) groups excluding carboxylic acids is 1. The number of aryl methyl sites for hydroxylation is 1. The van der Waals surface area contributed by atoms with Gasteiger partial charge in [-0.15, -0.1) is 0 Å². The lowest BCUT2D eigenvalue weighted by molar-refractivity contribution is -0.0816. The molecule has 0 saturated carbocycles. The zero-order chi connectivity index (χ0) is 10.9. The minimum atomic E-state index is -0.464. The van der Waals surface area contributed by atoms with E-state index in [1.54, 1.807) is 0 Å². The monoisotopic (exact) mass is 205 g/mol. The summed E-state index contributed by atoms with van der Waals surface area (Å²) < 4.78 is 5.10. The number of Topliss-reactive ketones (excluding diaryl/α,β-unsaturated/α-hetero) is 1. The van der Waals surface area contributed by atoms with Crippen LogP contribution in [0.1, 0.15) is 15.9 Å². The second-order valence-electron chi connectivity index (χ2n) is 4.18. The van der Waals surface area contributed by atoms with Gasteiger partial charge in [-0.25, -0.2) is 0 Å². The maximum atomic E-state index is 12.2. The third-order valence-electron chi connectivity index (χ3n) is 2.91. The number of nitrogens with two attached hydrogens (primary N) is 1. The van der Waals surface area contributed by atoms with E-state index >= 15 is 0 Å². The number of hydrogen-bond donors (Lipinski definition) is 1. The van der Waals surface area contributed by atoms with Gasteiger partial charge in [-0.1, -0.05) is 23.8 Å². The van der Waals surface area contributed by atoms with Gasteiger partial charge in [0.15, 0.2) is 5.78 Å². The van der Waals surface area contributed by atoms with Crippen LogP contribution < -0.4 is 5.73 Å². The van der Waals surface area contributed by atoms with Crippen LogP contribution in [0.25, 0.3) is 0 Å². The van der Waals surface area contributed by atoms with Crippen molar-refractivity contribution in [2.75, 3.05) is 19.8 Å². The van der Waals surface area contributed by atoms with E-state index in [1.807, 2.05) is 31.2 Å². The molecule has 0 aromatic heterocycles. The molecule has 80 valence electrons. The summed E-state index contributed by atoms with van der Waals surface area (Å²) >= 11 is 0. The van der Waals surface area contributed by atoms with Crippen LogP contribution in [0.5, 0.6) is 0 Å². The molecule has 1 aromatic carbocycles.